The topological polar surface area (TPSA) is 12.0 Å². The highest BCUT2D eigenvalue weighted by atomic mass is 14.9. The van der Waals surface area contributed by atoms with Gasteiger partial charge in [0.1, 0.15) is 0 Å². The molecule has 2 aromatic carbocycles. The SMILES string of the molecule is c1ccc(C(=C2CCN2)c2ccccc2)cc1. The maximum Gasteiger partial charge on any atom is 0.0210 e. The van der Waals surface area contributed by atoms with Crippen LogP contribution in [0.1, 0.15) is 17.5 Å². The van der Waals surface area contributed by atoms with E-state index in [1.165, 1.54) is 22.4 Å². The van der Waals surface area contributed by atoms with Crippen LogP contribution in [0.4, 0.5) is 0 Å². The molecule has 2 aromatic rings. The molecule has 1 heteroatoms. The monoisotopic (exact) mass is 221 g/mol. The van der Waals surface area contributed by atoms with E-state index < -0.39 is 0 Å². The van der Waals surface area contributed by atoms with E-state index in [-0.39, 0.29) is 0 Å². The summed E-state index contributed by atoms with van der Waals surface area (Å²) in [6, 6.07) is 21.2. The molecular formula is C16H15N. The minimum Gasteiger partial charge on any atom is -0.387 e. The molecule has 0 unspecified atom stereocenters. The molecule has 17 heavy (non-hydrogen) atoms. The Morgan fingerprint density at radius 1 is 0.765 bits per heavy atom. The highest BCUT2D eigenvalue weighted by Crippen LogP contribution is 2.29. The molecule has 1 aliphatic rings. The molecule has 0 spiro atoms. The molecule has 0 radical (unpaired) electrons. The Morgan fingerprint density at radius 2 is 1.24 bits per heavy atom. The fraction of sp³-hybridized carbons (Fsp3) is 0.125. The molecule has 84 valence electrons. The van der Waals surface area contributed by atoms with Gasteiger partial charge in [-0.25, -0.2) is 0 Å². The lowest BCUT2D eigenvalue weighted by atomic mass is 9.92. The summed E-state index contributed by atoms with van der Waals surface area (Å²) in [5.74, 6) is 0. The van der Waals surface area contributed by atoms with E-state index in [4.69, 9.17) is 0 Å². The molecule has 0 bridgehead atoms. The predicted octanol–water partition coefficient (Wildman–Crippen LogP) is 3.44. The second-order valence-corrected chi connectivity index (χ2v) is 4.26. The Morgan fingerprint density at radius 3 is 1.59 bits per heavy atom. The molecule has 0 amide bonds. The van der Waals surface area contributed by atoms with Crippen molar-refractivity contribution in [2.24, 2.45) is 0 Å². The molecule has 0 aromatic heterocycles. The van der Waals surface area contributed by atoms with Gasteiger partial charge in [-0.2, -0.15) is 0 Å². The van der Waals surface area contributed by atoms with Crippen LogP contribution in [0.5, 0.6) is 0 Å². The van der Waals surface area contributed by atoms with Crippen molar-refractivity contribution in [3.63, 3.8) is 0 Å². The summed E-state index contributed by atoms with van der Waals surface area (Å²) in [6.45, 7) is 1.10. The van der Waals surface area contributed by atoms with Gasteiger partial charge < -0.3 is 5.32 Å². The Kier molecular flexibility index (Phi) is 2.66. The third kappa shape index (κ3) is 1.96. The molecule has 1 nitrogen and oxygen atoms in total. The van der Waals surface area contributed by atoms with Crippen LogP contribution in [0.15, 0.2) is 66.4 Å². The minimum atomic E-state index is 1.10. The van der Waals surface area contributed by atoms with Crippen LogP contribution in [0.25, 0.3) is 5.57 Å². The molecular weight excluding hydrogens is 206 g/mol. The summed E-state index contributed by atoms with van der Waals surface area (Å²) < 4.78 is 0. The summed E-state index contributed by atoms with van der Waals surface area (Å²) in [5, 5.41) is 3.42. The van der Waals surface area contributed by atoms with Gasteiger partial charge in [0.05, 0.1) is 0 Å². The van der Waals surface area contributed by atoms with Gasteiger partial charge in [-0.05, 0) is 11.1 Å². The van der Waals surface area contributed by atoms with Gasteiger partial charge in [-0.15, -0.1) is 0 Å². The zero-order chi connectivity index (χ0) is 11.5. The summed E-state index contributed by atoms with van der Waals surface area (Å²) in [6.07, 6.45) is 1.15. The first-order valence-electron chi connectivity index (χ1n) is 6.03. The lowest BCUT2D eigenvalue weighted by Crippen LogP contribution is -2.29. The lowest BCUT2D eigenvalue weighted by molar-refractivity contribution is 0.637. The molecule has 1 aliphatic heterocycles. The maximum atomic E-state index is 3.42. The molecule has 1 fully saturated rings. The van der Waals surface area contributed by atoms with Gasteiger partial charge in [0.25, 0.3) is 0 Å². The summed E-state index contributed by atoms with van der Waals surface area (Å²) in [5.41, 5.74) is 5.29. The van der Waals surface area contributed by atoms with E-state index in [0.29, 0.717) is 0 Å². The van der Waals surface area contributed by atoms with E-state index >= 15 is 0 Å². The van der Waals surface area contributed by atoms with E-state index in [1.54, 1.807) is 0 Å². The van der Waals surface area contributed by atoms with Crippen molar-refractivity contribution < 1.29 is 0 Å². The maximum absolute atomic E-state index is 3.42. The summed E-state index contributed by atoms with van der Waals surface area (Å²) in [7, 11) is 0. The molecule has 1 N–H and O–H groups in total. The van der Waals surface area contributed by atoms with Crippen molar-refractivity contribution in [2.45, 2.75) is 6.42 Å². The van der Waals surface area contributed by atoms with E-state index in [0.717, 1.165) is 13.0 Å². The first kappa shape index (κ1) is 10.2. The van der Waals surface area contributed by atoms with Crippen LogP contribution in [0.3, 0.4) is 0 Å². The Bertz CT molecular complexity index is 478. The predicted molar refractivity (Wildman–Crippen MR) is 71.5 cm³/mol. The van der Waals surface area contributed by atoms with Crippen LogP contribution in [-0.4, -0.2) is 6.54 Å². The van der Waals surface area contributed by atoms with E-state index in [9.17, 15) is 0 Å². The second-order valence-electron chi connectivity index (χ2n) is 4.26. The Balaban J connectivity index is 2.12. The number of benzene rings is 2. The molecule has 0 atom stereocenters. The third-order valence-corrected chi connectivity index (χ3v) is 3.14. The number of hydrogen-bond donors (Lipinski definition) is 1. The smallest absolute Gasteiger partial charge is 0.0210 e. The van der Waals surface area contributed by atoms with Crippen LogP contribution in [-0.2, 0) is 0 Å². The summed E-state index contributed by atoms with van der Waals surface area (Å²) >= 11 is 0. The van der Waals surface area contributed by atoms with Gasteiger partial charge in [0.15, 0.2) is 0 Å². The van der Waals surface area contributed by atoms with Gasteiger partial charge in [-0.3, -0.25) is 0 Å². The zero-order valence-corrected chi connectivity index (χ0v) is 9.69. The third-order valence-electron chi connectivity index (χ3n) is 3.14. The van der Waals surface area contributed by atoms with Crippen molar-refractivity contribution in [1.29, 1.82) is 0 Å². The average Bonchev–Trinajstić information content (AvgIpc) is 2.36. The first-order valence-corrected chi connectivity index (χ1v) is 6.03. The van der Waals surface area contributed by atoms with Gasteiger partial charge in [-0.1, -0.05) is 60.7 Å². The fourth-order valence-corrected chi connectivity index (χ4v) is 2.19. The zero-order valence-electron chi connectivity index (χ0n) is 9.69. The minimum absolute atomic E-state index is 1.10. The standard InChI is InChI=1S/C16H15N/c1-3-7-13(8-4-1)16(15-11-12-17-15)14-9-5-2-6-10-14/h1-10,17H,11-12H2. The molecule has 1 heterocycles. The fourth-order valence-electron chi connectivity index (χ4n) is 2.19. The second kappa shape index (κ2) is 4.46. The van der Waals surface area contributed by atoms with Gasteiger partial charge in [0, 0.05) is 24.2 Å². The van der Waals surface area contributed by atoms with Crippen molar-refractivity contribution >= 4 is 5.57 Å². The quantitative estimate of drug-likeness (QED) is 0.819. The van der Waals surface area contributed by atoms with Crippen LogP contribution in [0, 0.1) is 0 Å². The number of rotatable bonds is 2. The summed E-state index contributed by atoms with van der Waals surface area (Å²) in [4.78, 5) is 0. The number of hydrogen-bond acceptors (Lipinski definition) is 1. The Hall–Kier alpha value is -2.02. The number of nitrogens with one attached hydrogen (secondary N) is 1. The molecule has 3 rings (SSSR count). The molecule has 0 aliphatic carbocycles. The normalized spacial score (nSPS) is 13.8. The van der Waals surface area contributed by atoms with Gasteiger partial charge >= 0.3 is 0 Å². The lowest BCUT2D eigenvalue weighted by Gasteiger charge is -2.25. The first-order chi connectivity index (χ1) is 8.45. The van der Waals surface area contributed by atoms with Crippen LogP contribution >= 0.6 is 0 Å². The van der Waals surface area contributed by atoms with Crippen molar-refractivity contribution in [1.82, 2.24) is 5.32 Å². The average molecular weight is 221 g/mol. The highest BCUT2D eigenvalue weighted by molar-refractivity contribution is 5.82. The van der Waals surface area contributed by atoms with Crippen LogP contribution < -0.4 is 5.32 Å². The van der Waals surface area contributed by atoms with Crippen molar-refractivity contribution in [2.75, 3.05) is 6.54 Å². The largest absolute Gasteiger partial charge is 0.387 e. The van der Waals surface area contributed by atoms with Crippen molar-refractivity contribution in [3.05, 3.63) is 77.5 Å². The van der Waals surface area contributed by atoms with E-state index in [2.05, 4.69) is 66.0 Å². The Labute approximate surface area is 102 Å². The van der Waals surface area contributed by atoms with Crippen LogP contribution in [0.2, 0.25) is 0 Å². The molecule has 1 saturated heterocycles. The van der Waals surface area contributed by atoms with Gasteiger partial charge in [0.2, 0.25) is 0 Å². The van der Waals surface area contributed by atoms with E-state index in [1.807, 2.05) is 0 Å². The molecule has 0 saturated carbocycles. The van der Waals surface area contributed by atoms with Crippen molar-refractivity contribution in [3.8, 4) is 0 Å². The highest BCUT2D eigenvalue weighted by Gasteiger charge is 2.16.